The van der Waals surface area contributed by atoms with Gasteiger partial charge in [0.05, 0.1) is 11.8 Å². The van der Waals surface area contributed by atoms with E-state index in [-0.39, 0.29) is 0 Å². The fourth-order valence-electron chi connectivity index (χ4n) is 2.65. The molecular formula is C13H23NO4. The molecule has 2 N–H and O–H groups in total. The second-order valence-electron chi connectivity index (χ2n) is 5.30. The lowest BCUT2D eigenvalue weighted by atomic mass is 9.85. The molecule has 1 saturated heterocycles. The van der Waals surface area contributed by atoms with E-state index < -0.39 is 23.8 Å². The van der Waals surface area contributed by atoms with Gasteiger partial charge >= 0.3 is 11.9 Å². The van der Waals surface area contributed by atoms with E-state index in [0.29, 0.717) is 18.9 Å². The molecule has 1 aliphatic heterocycles. The molecule has 104 valence electrons. The SMILES string of the molecule is CC(C)N1CCCC(C(=O)O)C(C(=O)O)CCC1. The van der Waals surface area contributed by atoms with Gasteiger partial charge in [-0.25, -0.2) is 0 Å². The molecule has 0 aromatic rings. The minimum Gasteiger partial charge on any atom is -0.481 e. The lowest BCUT2D eigenvalue weighted by Gasteiger charge is -2.25. The van der Waals surface area contributed by atoms with Crippen LogP contribution in [-0.2, 0) is 9.59 Å². The van der Waals surface area contributed by atoms with Crippen LogP contribution < -0.4 is 0 Å². The zero-order valence-corrected chi connectivity index (χ0v) is 11.1. The smallest absolute Gasteiger partial charge is 0.307 e. The number of carboxylic acid groups (broad SMARTS) is 2. The zero-order valence-electron chi connectivity index (χ0n) is 11.1. The Bertz CT molecular complexity index is 277. The van der Waals surface area contributed by atoms with Crippen molar-refractivity contribution in [1.82, 2.24) is 4.90 Å². The number of hydrogen-bond acceptors (Lipinski definition) is 3. The van der Waals surface area contributed by atoms with Crippen molar-refractivity contribution in [2.24, 2.45) is 11.8 Å². The van der Waals surface area contributed by atoms with Gasteiger partial charge in [-0.1, -0.05) is 0 Å². The van der Waals surface area contributed by atoms with Crippen LogP contribution in [0.3, 0.4) is 0 Å². The molecular weight excluding hydrogens is 234 g/mol. The van der Waals surface area contributed by atoms with Crippen LogP contribution in [0.15, 0.2) is 0 Å². The molecule has 0 spiro atoms. The third kappa shape index (κ3) is 3.98. The predicted octanol–water partition coefficient (Wildman–Crippen LogP) is 1.67. The highest BCUT2D eigenvalue weighted by Crippen LogP contribution is 2.26. The van der Waals surface area contributed by atoms with Crippen molar-refractivity contribution in [2.45, 2.75) is 45.6 Å². The van der Waals surface area contributed by atoms with Gasteiger partial charge in [-0.15, -0.1) is 0 Å². The van der Waals surface area contributed by atoms with Gasteiger partial charge in [-0.05, 0) is 52.6 Å². The summed E-state index contributed by atoms with van der Waals surface area (Å²) >= 11 is 0. The maximum Gasteiger partial charge on any atom is 0.307 e. The topological polar surface area (TPSA) is 77.8 Å². The maximum absolute atomic E-state index is 11.2. The molecule has 0 radical (unpaired) electrons. The van der Waals surface area contributed by atoms with Crippen LogP contribution >= 0.6 is 0 Å². The summed E-state index contributed by atoms with van der Waals surface area (Å²) in [5.41, 5.74) is 0. The molecule has 0 saturated carbocycles. The molecule has 5 nitrogen and oxygen atoms in total. The second-order valence-corrected chi connectivity index (χ2v) is 5.30. The Labute approximate surface area is 108 Å². The van der Waals surface area contributed by atoms with Crippen LogP contribution in [0.1, 0.15) is 39.5 Å². The van der Waals surface area contributed by atoms with Crippen LogP contribution in [0.5, 0.6) is 0 Å². The van der Waals surface area contributed by atoms with Crippen molar-refractivity contribution in [2.75, 3.05) is 13.1 Å². The number of aliphatic carboxylic acids is 2. The molecule has 1 aliphatic rings. The maximum atomic E-state index is 11.2. The van der Waals surface area contributed by atoms with E-state index in [1.165, 1.54) is 0 Å². The Kier molecular flexibility index (Phi) is 5.59. The van der Waals surface area contributed by atoms with Crippen LogP contribution in [0, 0.1) is 11.8 Å². The fourth-order valence-corrected chi connectivity index (χ4v) is 2.65. The summed E-state index contributed by atoms with van der Waals surface area (Å²) in [6.07, 6.45) is 2.41. The van der Waals surface area contributed by atoms with Crippen LogP contribution in [-0.4, -0.2) is 46.2 Å². The van der Waals surface area contributed by atoms with E-state index in [1.807, 2.05) is 0 Å². The molecule has 18 heavy (non-hydrogen) atoms. The summed E-state index contributed by atoms with van der Waals surface area (Å²) in [5, 5.41) is 18.3. The van der Waals surface area contributed by atoms with E-state index in [4.69, 9.17) is 10.2 Å². The summed E-state index contributed by atoms with van der Waals surface area (Å²) in [4.78, 5) is 24.7. The minimum atomic E-state index is -0.972. The first kappa shape index (κ1) is 15.0. The second kappa shape index (κ2) is 6.73. The number of hydrogen-bond donors (Lipinski definition) is 2. The van der Waals surface area contributed by atoms with Gasteiger partial charge in [-0.2, -0.15) is 0 Å². The monoisotopic (exact) mass is 257 g/mol. The number of carboxylic acids is 2. The molecule has 2 atom stereocenters. The third-order valence-corrected chi connectivity index (χ3v) is 3.77. The number of rotatable bonds is 3. The average molecular weight is 257 g/mol. The standard InChI is InChI=1S/C13H23NO4/c1-9(2)14-7-3-5-10(12(15)16)11(13(17)18)6-4-8-14/h9-11H,3-8H2,1-2H3,(H,15,16)(H,17,18). The largest absolute Gasteiger partial charge is 0.481 e. The van der Waals surface area contributed by atoms with Crippen molar-refractivity contribution in [1.29, 1.82) is 0 Å². The molecule has 2 unspecified atom stereocenters. The molecule has 0 aromatic carbocycles. The van der Waals surface area contributed by atoms with Crippen molar-refractivity contribution < 1.29 is 19.8 Å². The molecule has 0 amide bonds. The first-order chi connectivity index (χ1) is 8.43. The average Bonchev–Trinajstić information content (AvgIpc) is 2.37. The molecule has 0 aromatic heterocycles. The predicted molar refractivity (Wildman–Crippen MR) is 67.4 cm³/mol. The quantitative estimate of drug-likeness (QED) is 0.804. The molecule has 0 aliphatic carbocycles. The summed E-state index contributed by atoms with van der Waals surface area (Å²) in [6, 6.07) is 0.426. The van der Waals surface area contributed by atoms with Gasteiger partial charge in [0, 0.05) is 6.04 Å². The Morgan fingerprint density at radius 1 is 1.00 bits per heavy atom. The van der Waals surface area contributed by atoms with Gasteiger partial charge in [0.15, 0.2) is 0 Å². The summed E-state index contributed by atoms with van der Waals surface area (Å²) in [7, 11) is 0. The van der Waals surface area contributed by atoms with Crippen molar-refractivity contribution in [3.05, 3.63) is 0 Å². The molecule has 1 rings (SSSR count). The van der Waals surface area contributed by atoms with Gasteiger partial charge in [0.2, 0.25) is 0 Å². The highest BCUT2D eigenvalue weighted by molar-refractivity contribution is 5.79. The third-order valence-electron chi connectivity index (χ3n) is 3.77. The minimum absolute atomic E-state index is 0.426. The number of nitrogens with zero attached hydrogens (tertiary/aromatic N) is 1. The van der Waals surface area contributed by atoms with E-state index in [1.54, 1.807) is 0 Å². The van der Waals surface area contributed by atoms with E-state index in [9.17, 15) is 9.59 Å². The van der Waals surface area contributed by atoms with Crippen molar-refractivity contribution in [3.8, 4) is 0 Å². The van der Waals surface area contributed by atoms with Gasteiger partial charge in [0.1, 0.15) is 0 Å². The zero-order chi connectivity index (χ0) is 13.7. The van der Waals surface area contributed by atoms with Crippen molar-refractivity contribution in [3.63, 3.8) is 0 Å². The van der Waals surface area contributed by atoms with Crippen LogP contribution in [0.2, 0.25) is 0 Å². The van der Waals surface area contributed by atoms with Crippen molar-refractivity contribution >= 4 is 11.9 Å². The first-order valence-electron chi connectivity index (χ1n) is 6.63. The summed E-state index contributed by atoms with van der Waals surface area (Å²) in [5.74, 6) is -3.43. The molecule has 5 heteroatoms. The highest BCUT2D eigenvalue weighted by atomic mass is 16.4. The van der Waals surface area contributed by atoms with Gasteiger partial charge < -0.3 is 15.1 Å². The highest BCUT2D eigenvalue weighted by Gasteiger charge is 2.34. The lowest BCUT2D eigenvalue weighted by molar-refractivity contribution is -0.154. The molecule has 1 heterocycles. The Hall–Kier alpha value is -1.10. The Morgan fingerprint density at radius 2 is 1.39 bits per heavy atom. The summed E-state index contributed by atoms with van der Waals surface area (Å²) < 4.78 is 0. The van der Waals surface area contributed by atoms with Crippen LogP contribution in [0.25, 0.3) is 0 Å². The Morgan fingerprint density at radius 3 is 1.67 bits per heavy atom. The Balaban J connectivity index is 2.75. The molecule has 0 bridgehead atoms. The lowest BCUT2D eigenvalue weighted by Crippen LogP contribution is -2.32. The summed E-state index contributed by atoms with van der Waals surface area (Å²) in [6.45, 7) is 5.93. The van der Waals surface area contributed by atoms with Gasteiger partial charge in [0.25, 0.3) is 0 Å². The molecule has 1 fully saturated rings. The number of carbonyl (C=O) groups is 2. The van der Waals surface area contributed by atoms with Gasteiger partial charge in [-0.3, -0.25) is 9.59 Å². The normalized spacial score (nSPS) is 27.3. The van der Waals surface area contributed by atoms with E-state index >= 15 is 0 Å². The van der Waals surface area contributed by atoms with E-state index in [0.717, 1.165) is 25.9 Å². The fraction of sp³-hybridized carbons (Fsp3) is 0.846. The van der Waals surface area contributed by atoms with Crippen LogP contribution in [0.4, 0.5) is 0 Å². The van der Waals surface area contributed by atoms with E-state index in [2.05, 4.69) is 18.7 Å². The first-order valence-corrected chi connectivity index (χ1v) is 6.63.